The highest BCUT2D eigenvalue weighted by atomic mass is 35.5. The molecule has 0 amide bonds. The van der Waals surface area contributed by atoms with Crippen molar-refractivity contribution < 1.29 is 0 Å². The van der Waals surface area contributed by atoms with E-state index in [1.807, 2.05) is 42.6 Å². The predicted molar refractivity (Wildman–Crippen MR) is 88.7 cm³/mol. The van der Waals surface area contributed by atoms with Crippen LogP contribution in [0.5, 0.6) is 0 Å². The van der Waals surface area contributed by atoms with Crippen LogP contribution in [0.25, 0.3) is 16.9 Å². The normalized spacial score (nSPS) is 19.1. The largest absolute Gasteiger partial charge is 0.306 e. The average Bonchev–Trinajstić information content (AvgIpc) is 3.11. The fourth-order valence-corrected chi connectivity index (χ4v) is 3.44. The maximum atomic E-state index is 6.44. The van der Waals surface area contributed by atoms with Gasteiger partial charge in [0.05, 0.1) is 10.7 Å². The summed E-state index contributed by atoms with van der Waals surface area (Å²) < 4.78 is 2.13. The lowest BCUT2D eigenvalue weighted by molar-refractivity contribution is 0.409. The van der Waals surface area contributed by atoms with Crippen LogP contribution in [-0.2, 0) is 0 Å². The SMILES string of the molecule is CN1CCC(c2nc3cccnc3n2-c2ccccc2Cl)C1. The Morgan fingerprint density at radius 1 is 1.18 bits per heavy atom. The molecule has 2 aromatic heterocycles. The molecule has 0 spiro atoms. The van der Waals surface area contributed by atoms with Gasteiger partial charge in [0.2, 0.25) is 0 Å². The molecule has 1 aliphatic heterocycles. The third kappa shape index (κ3) is 2.19. The maximum absolute atomic E-state index is 6.44. The lowest BCUT2D eigenvalue weighted by Gasteiger charge is -2.14. The number of benzene rings is 1. The van der Waals surface area contributed by atoms with Crippen molar-refractivity contribution in [1.82, 2.24) is 19.4 Å². The zero-order chi connectivity index (χ0) is 15.1. The fraction of sp³-hybridized carbons (Fsp3) is 0.294. The molecule has 1 unspecified atom stereocenters. The van der Waals surface area contributed by atoms with Crippen molar-refractivity contribution in [1.29, 1.82) is 0 Å². The number of likely N-dealkylation sites (tertiary alicyclic amines) is 1. The zero-order valence-corrected chi connectivity index (χ0v) is 13.2. The van der Waals surface area contributed by atoms with Crippen molar-refractivity contribution in [2.45, 2.75) is 12.3 Å². The van der Waals surface area contributed by atoms with E-state index in [4.69, 9.17) is 16.6 Å². The summed E-state index contributed by atoms with van der Waals surface area (Å²) in [4.78, 5) is 11.7. The first kappa shape index (κ1) is 13.7. The summed E-state index contributed by atoms with van der Waals surface area (Å²) in [5, 5.41) is 0.722. The monoisotopic (exact) mass is 312 g/mol. The zero-order valence-electron chi connectivity index (χ0n) is 12.4. The third-order valence-electron chi connectivity index (χ3n) is 4.29. The van der Waals surface area contributed by atoms with Crippen LogP contribution in [0, 0.1) is 0 Å². The Morgan fingerprint density at radius 3 is 2.82 bits per heavy atom. The van der Waals surface area contributed by atoms with Crippen LogP contribution in [0.1, 0.15) is 18.2 Å². The standard InChI is InChI=1S/C17H17ClN4/c1-21-10-8-12(11-21)16-20-14-6-4-9-19-17(14)22(16)15-7-3-2-5-13(15)18/h2-7,9,12H,8,10-11H2,1H3. The van der Waals surface area contributed by atoms with E-state index in [0.717, 1.165) is 47.2 Å². The van der Waals surface area contributed by atoms with Crippen LogP contribution in [0.4, 0.5) is 0 Å². The molecule has 0 bridgehead atoms. The molecule has 0 aliphatic carbocycles. The van der Waals surface area contributed by atoms with Crippen molar-refractivity contribution in [3.63, 3.8) is 0 Å². The first-order valence-corrected chi connectivity index (χ1v) is 7.88. The Kier molecular flexibility index (Phi) is 3.36. The van der Waals surface area contributed by atoms with Gasteiger partial charge in [0.25, 0.3) is 0 Å². The molecule has 1 aliphatic rings. The van der Waals surface area contributed by atoms with E-state index in [2.05, 4.69) is 21.5 Å². The minimum atomic E-state index is 0.412. The summed E-state index contributed by atoms with van der Waals surface area (Å²) in [6.45, 7) is 2.12. The topological polar surface area (TPSA) is 34.0 Å². The molecular weight excluding hydrogens is 296 g/mol. The Hall–Kier alpha value is -1.91. The maximum Gasteiger partial charge on any atom is 0.164 e. The van der Waals surface area contributed by atoms with Crippen LogP contribution >= 0.6 is 11.6 Å². The van der Waals surface area contributed by atoms with Gasteiger partial charge in [0, 0.05) is 18.7 Å². The third-order valence-corrected chi connectivity index (χ3v) is 4.61. The molecule has 3 heterocycles. The predicted octanol–water partition coefficient (Wildman–Crippen LogP) is 3.49. The Labute approximate surface area is 134 Å². The van der Waals surface area contributed by atoms with Crippen LogP contribution in [-0.4, -0.2) is 39.6 Å². The quantitative estimate of drug-likeness (QED) is 0.726. The number of aromatic nitrogens is 3. The summed E-state index contributed by atoms with van der Waals surface area (Å²) in [5.41, 5.74) is 2.75. The van der Waals surface area contributed by atoms with Gasteiger partial charge in [0.15, 0.2) is 5.65 Å². The van der Waals surface area contributed by atoms with Gasteiger partial charge in [0.1, 0.15) is 11.3 Å². The molecule has 0 N–H and O–H groups in total. The highest BCUT2D eigenvalue weighted by Crippen LogP contribution is 2.32. The van der Waals surface area contributed by atoms with Crippen molar-refractivity contribution in [3.8, 4) is 5.69 Å². The summed E-state index contributed by atoms with van der Waals surface area (Å²) >= 11 is 6.44. The highest BCUT2D eigenvalue weighted by Gasteiger charge is 2.27. The lowest BCUT2D eigenvalue weighted by atomic mass is 10.1. The van der Waals surface area contributed by atoms with Crippen molar-refractivity contribution in [2.24, 2.45) is 0 Å². The number of rotatable bonds is 2. The van der Waals surface area contributed by atoms with E-state index >= 15 is 0 Å². The second-order valence-corrected chi connectivity index (χ2v) is 6.26. The van der Waals surface area contributed by atoms with E-state index < -0.39 is 0 Å². The molecule has 22 heavy (non-hydrogen) atoms. The first-order chi connectivity index (χ1) is 10.7. The van der Waals surface area contributed by atoms with Crippen LogP contribution in [0.15, 0.2) is 42.6 Å². The number of imidazole rings is 1. The Balaban J connectivity index is 1.96. The van der Waals surface area contributed by atoms with Crippen LogP contribution in [0.2, 0.25) is 5.02 Å². The Bertz CT molecular complexity index is 826. The lowest BCUT2D eigenvalue weighted by Crippen LogP contribution is -2.15. The molecule has 0 saturated carbocycles. The van der Waals surface area contributed by atoms with Crippen molar-refractivity contribution >= 4 is 22.8 Å². The fourth-order valence-electron chi connectivity index (χ4n) is 3.22. The van der Waals surface area contributed by atoms with E-state index in [1.165, 1.54) is 0 Å². The van der Waals surface area contributed by atoms with Gasteiger partial charge in [-0.25, -0.2) is 9.97 Å². The molecular formula is C17H17ClN4. The molecule has 1 fully saturated rings. The highest BCUT2D eigenvalue weighted by molar-refractivity contribution is 6.32. The van der Waals surface area contributed by atoms with Gasteiger partial charge in [-0.3, -0.25) is 4.57 Å². The van der Waals surface area contributed by atoms with Crippen LogP contribution in [0.3, 0.4) is 0 Å². The molecule has 4 nitrogen and oxygen atoms in total. The number of likely N-dealkylation sites (N-methyl/N-ethyl adjacent to an activating group) is 1. The van der Waals surface area contributed by atoms with Gasteiger partial charge in [-0.05, 0) is 44.3 Å². The molecule has 5 heteroatoms. The first-order valence-electron chi connectivity index (χ1n) is 7.51. The molecule has 1 aromatic carbocycles. The van der Waals surface area contributed by atoms with E-state index in [1.54, 1.807) is 0 Å². The molecule has 0 radical (unpaired) electrons. The minimum Gasteiger partial charge on any atom is -0.306 e. The number of hydrogen-bond acceptors (Lipinski definition) is 3. The van der Waals surface area contributed by atoms with E-state index in [0.29, 0.717) is 5.92 Å². The number of para-hydroxylation sites is 1. The molecule has 1 saturated heterocycles. The number of nitrogens with zero attached hydrogens (tertiary/aromatic N) is 4. The van der Waals surface area contributed by atoms with E-state index in [-0.39, 0.29) is 0 Å². The molecule has 3 aromatic rings. The molecule has 4 rings (SSSR count). The number of pyridine rings is 1. The summed E-state index contributed by atoms with van der Waals surface area (Å²) in [6.07, 6.45) is 2.92. The van der Waals surface area contributed by atoms with Gasteiger partial charge < -0.3 is 4.90 Å². The second kappa shape index (κ2) is 5.38. The smallest absolute Gasteiger partial charge is 0.164 e. The van der Waals surface area contributed by atoms with Gasteiger partial charge in [-0.2, -0.15) is 0 Å². The van der Waals surface area contributed by atoms with Gasteiger partial charge in [-0.15, -0.1) is 0 Å². The van der Waals surface area contributed by atoms with Gasteiger partial charge >= 0.3 is 0 Å². The van der Waals surface area contributed by atoms with Crippen LogP contribution < -0.4 is 0 Å². The summed E-state index contributed by atoms with van der Waals surface area (Å²) in [5.74, 6) is 1.47. The molecule has 1 atom stereocenters. The number of hydrogen-bond donors (Lipinski definition) is 0. The number of fused-ring (bicyclic) bond motifs is 1. The summed E-state index contributed by atoms with van der Waals surface area (Å²) in [6, 6.07) is 11.8. The second-order valence-electron chi connectivity index (χ2n) is 5.85. The Morgan fingerprint density at radius 2 is 2.05 bits per heavy atom. The van der Waals surface area contributed by atoms with E-state index in [9.17, 15) is 0 Å². The average molecular weight is 313 g/mol. The minimum absolute atomic E-state index is 0.412. The van der Waals surface area contributed by atoms with Gasteiger partial charge in [-0.1, -0.05) is 23.7 Å². The summed E-state index contributed by atoms with van der Waals surface area (Å²) in [7, 11) is 2.15. The van der Waals surface area contributed by atoms with Crippen molar-refractivity contribution in [2.75, 3.05) is 20.1 Å². The molecule has 112 valence electrons. The number of halogens is 1. The van der Waals surface area contributed by atoms with Crippen molar-refractivity contribution in [3.05, 3.63) is 53.4 Å².